The molecular formula is C16H8I3N3. The third-order valence-corrected chi connectivity index (χ3v) is 5.65. The molecule has 0 aliphatic heterocycles. The first-order valence-corrected chi connectivity index (χ1v) is 9.76. The summed E-state index contributed by atoms with van der Waals surface area (Å²) in [6, 6.07) is 14.7. The van der Waals surface area contributed by atoms with Crippen LogP contribution in [0.15, 0.2) is 48.7 Å². The molecule has 0 aliphatic carbocycles. The standard InChI is InChI=1S/C16H8I3N3/c17-12-7-10-5-6-22(14(10)16(19)20-12)13-8-9-3-1-2-4-11(9)15(18)21-13/h1-8H. The van der Waals surface area contributed by atoms with Crippen LogP contribution < -0.4 is 0 Å². The van der Waals surface area contributed by atoms with E-state index in [1.54, 1.807) is 0 Å². The first-order chi connectivity index (χ1) is 10.6. The molecule has 0 aliphatic rings. The molecule has 22 heavy (non-hydrogen) atoms. The second-order valence-electron chi connectivity index (χ2n) is 4.85. The van der Waals surface area contributed by atoms with Gasteiger partial charge in [-0.25, -0.2) is 9.97 Å². The van der Waals surface area contributed by atoms with Crippen LogP contribution in [0.5, 0.6) is 0 Å². The Kier molecular flexibility index (Phi) is 4.01. The van der Waals surface area contributed by atoms with E-state index < -0.39 is 0 Å². The SMILES string of the molecule is Ic1cc2ccn(-c3cc4ccccc4c(I)n3)c2c(I)n1. The molecule has 4 aromatic rings. The summed E-state index contributed by atoms with van der Waals surface area (Å²) >= 11 is 6.85. The van der Waals surface area contributed by atoms with Crippen molar-refractivity contribution in [3.8, 4) is 5.82 Å². The molecule has 0 unspecified atom stereocenters. The molecule has 0 radical (unpaired) electrons. The summed E-state index contributed by atoms with van der Waals surface area (Å²) < 4.78 is 5.14. The zero-order valence-electron chi connectivity index (χ0n) is 11.1. The summed E-state index contributed by atoms with van der Waals surface area (Å²) in [5, 5.41) is 3.58. The van der Waals surface area contributed by atoms with Gasteiger partial charge in [-0.05, 0) is 91.4 Å². The number of fused-ring (bicyclic) bond motifs is 2. The predicted octanol–water partition coefficient (Wildman–Crippen LogP) is 5.39. The number of rotatable bonds is 1. The van der Waals surface area contributed by atoms with Gasteiger partial charge in [0.05, 0.1) is 5.52 Å². The minimum absolute atomic E-state index is 0.930. The van der Waals surface area contributed by atoms with E-state index in [1.807, 2.05) is 6.07 Å². The number of pyridine rings is 2. The quantitative estimate of drug-likeness (QED) is 0.211. The van der Waals surface area contributed by atoms with Gasteiger partial charge in [-0.3, -0.25) is 4.57 Å². The van der Waals surface area contributed by atoms with E-state index >= 15 is 0 Å². The second-order valence-corrected chi connectivity index (χ2v) is 8.00. The molecule has 0 saturated carbocycles. The predicted molar refractivity (Wildman–Crippen MR) is 115 cm³/mol. The van der Waals surface area contributed by atoms with Gasteiger partial charge in [0.25, 0.3) is 0 Å². The van der Waals surface area contributed by atoms with E-state index in [0.717, 1.165) is 22.4 Å². The smallest absolute Gasteiger partial charge is 0.139 e. The summed E-state index contributed by atoms with van der Waals surface area (Å²) in [7, 11) is 0. The second kappa shape index (κ2) is 5.86. The number of hydrogen-bond donors (Lipinski definition) is 0. The Bertz CT molecular complexity index is 1020. The highest BCUT2D eigenvalue weighted by Gasteiger charge is 2.12. The Morgan fingerprint density at radius 2 is 1.64 bits per heavy atom. The van der Waals surface area contributed by atoms with Gasteiger partial charge in [0, 0.05) is 17.0 Å². The molecule has 0 amide bonds. The van der Waals surface area contributed by atoms with Crippen molar-refractivity contribution in [3.63, 3.8) is 0 Å². The number of nitrogens with zero attached hydrogens (tertiary/aromatic N) is 3. The fourth-order valence-electron chi connectivity index (χ4n) is 2.55. The van der Waals surface area contributed by atoms with Gasteiger partial charge in [-0.1, -0.05) is 24.3 Å². The van der Waals surface area contributed by atoms with Crippen molar-refractivity contribution in [3.05, 3.63) is 59.8 Å². The van der Waals surface area contributed by atoms with Crippen LogP contribution in [0, 0.1) is 11.1 Å². The van der Waals surface area contributed by atoms with Gasteiger partial charge < -0.3 is 0 Å². The molecule has 0 fully saturated rings. The molecule has 4 rings (SSSR count). The van der Waals surface area contributed by atoms with Gasteiger partial charge in [0.15, 0.2) is 0 Å². The molecule has 0 spiro atoms. The van der Waals surface area contributed by atoms with E-state index in [4.69, 9.17) is 4.98 Å². The summed E-state index contributed by atoms with van der Waals surface area (Å²) in [5.74, 6) is 0.930. The fourth-order valence-corrected chi connectivity index (χ4v) is 5.15. The van der Waals surface area contributed by atoms with Crippen LogP contribution in [0.2, 0.25) is 0 Å². The van der Waals surface area contributed by atoms with Crippen LogP contribution in [0.3, 0.4) is 0 Å². The highest BCUT2D eigenvalue weighted by Crippen LogP contribution is 2.27. The van der Waals surface area contributed by atoms with Crippen molar-refractivity contribution in [2.45, 2.75) is 0 Å². The van der Waals surface area contributed by atoms with Crippen molar-refractivity contribution in [2.24, 2.45) is 0 Å². The number of aromatic nitrogens is 3. The van der Waals surface area contributed by atoms with Crippen molar-refractivity contribution in [1.82, 2.24) is 14.5 Å². The highest BCUT2D eigenvalue weighted by atomic mass is 127. The number of hydrogen-bond acceptors (Lipinski definition) is 2. The third kappa shape index (κ3) is 2.52. The first-order valence-electron chi connectivity index (χ1n) is 6.52. The molecule has 0 atom stereocenters. The Labute approximate surface area is 167 Å². The van der Waals surface area contributed by atoms with Crippen molar-refractivity contribution < 1.29 is 0 Å². The van der Waals surface area contributed by atoms with E-state index in [0.29, 0.717) is 0 Å². The normalized spacial score (nSPS) is 11.4. The maximum absolute atomic E-state index is 4.77. The molecule has 0 bridgehead atoms. The molecule has 3 heterocycles. The lowest BCUT2D eigenvalue weighted by Crippen LogP contribution is -2.00. The van der Waals surface area contributed by atoms with Crippen molar-refractivity contribution in [2.75, 3.05) is 0 Å². The zero-order valence-corrected chi connectivity index (χ0v) is 17.6. The monoisotopic (exact) mass is 623 g/mol. The lowest BCUT2D eigenvalue weighted by molar-refractivity contribution is 1.03. The van der Waals surface area contributed by atoms with Gasteiger partial charge in [-0.15, -0.1) is 0 Å². The Balaban J connectivity index is 2.03. The maximum atomic E-state index is 4.77. The highest BCUT2D eigenvalue weighted by molar-refractivity contribution is 14.1. The average molecular weight is 623 g/mol. The molecule has 108 valence electrons. The van der Waals surface area contributed by atoms with Gasteiger partial charge >= 0.3 is 0 Å². The number of benzene rings is 1. The minimum atomic E-state index is 0.930. The molecule has 3 nitrogen and oxygen atoms in total. The molecule has 1 aromatic carbocycles. The largest absolute Gasteiger partial charge is 0.299 e. The molecule has 3 aromatic heterocycles. The van der Waals surface area contributed by atoms with E-state index in [2.05, 4.69) is 120 Å². The fraction of sp³-hybridized carbons (Fsp3) is 0. The van der Waals surface area contributed by atoms with Gasteiger partial charge in [0.1, 0.15) is 16.9 Å². The van der Waals surface area contributed by atoms with Gasteiger partial charge in [-0.2, -0.15) is 0 Å². The van der Waals surface area contributed by atoms with E-state index in [9.17, 15) is 0 Å². The molecular weight excluding hydrogens is 615 g/mol. The minimum Gasteiger partial charge on any atom is -0.299 e. The Morgan fingerprint density at radius 3 is 2.50 bits per heavy atom. The first kappa shape index (κ1) is 15.1. The maximum Gasteiger partial charge on any atom is 0.139 e. The van der Waals surface area contributed by atoms with Crippen LogP contribution in [-0.4, -0.2) is 14.5 Å². The van der Waals surface area contributed by atoms with Crippen molar-refractivity contribution >= 4 is 89.4 Å². The van der Waals surface area contributed by atoms with E-state index in [-0.39, 0.29) is 0 Å². The lowest BCUT2D eigenvalue weighted by Gasteiger charge is -2.09. The van der Waals surface area contributed by atoms with Crippen LogP contribution in [-0.2, 0) is 0 Å². The van der Waals surface area contributed by atoms with E-state index in [1.165, 1.54) is 16.2 Å². The lowest BCUT2D eigenvalue weighted by atomic mass is 10.2. The summed E-state index contributed by atoms with van der Waals surface area (Å²) in [6.45, 7) is 0. The average Bonchev–Trinajstić information content (AvgIpc) is 2.91. The Morgan fingerprint density at radius 1 is 0.818 bits per heavy atom. The van der Waals surface area contributed by atoms with Crippen LogP contribution in [0.25, 0.3) is 27.5 Å². The third-order valence-electron chi connectivity index (χ3n) is 3.52. The summed E-state index contributed by atoms with van der Waals surface area (Å²) in [6.07, 6.45) is 2.07. The van der Waals surface area contributed by atoms with Crippen LogP contribution >= 0.6 is 67.8 Å². The number of halogens is 3. The van der Waals surface area contributed by atoms with Crippen LogP contribution in [0.4, 0.5) is 0 Å². The molecule has 6 heteroatoms. The molecule has 0 saturated heterocycles. The summed E-state index contributed by atoms with van der Waals surface area (Å²) in [4.78, 5) is 9.34. The Hall–Kier alpha value is -0.490. The van der Waals surface area contributed by atoms with Crippen molar-refractivity contribution in [1.29, 1.82) is 0 Å². The molecule has 0 N–H and O–H groups in total. The van der Waals surface area contributed by atoms with Crippen LogP contribution in [0.1, 0.15) is 0 Å². The van der Waals surface area contributed by atoms with Gasteiger partial charge in [0.2, 0.25) is 0 Å². The topological polar surface area (TPSA) is 30.7 Å². The summed E-state index contributed by atoms with van der Waals surface area (Å²) in [5.41, 5.74) is 1.11. The zero-order chi connectivity index (χ0) is 15.3.